The summed E-state index contributed by atoms with van der Waals surface area (Å²) in [4.78, 5) is 4.24. The summed E-state index contributed by atoms with van der Waals surface area (Å²) < 4.78 is 12.0. The van der Waals surface area contributed by atoms with E-state index in [1.165, 1.54) is 0 Å². The third kappa shape index (κ3) is 3.04. The van der Waals surface area contributed by atoms with Crippen molar-refractivity contribution >= 4 is 31.3 Å². The minimum absolute atomic E-state index is 0.325. The lowest BCUT2D eigenvalue weighted by Crippen LogP contribution is -2.41. The lowest BCUT2D eigenvalue weighted by atomic mass is 9.80. The van der Waals surface area contributed by atoms with E-state index >= 15 is 0 Å². The Bertz CT molecular complexity index is 472. The van der Waals surface area contributed by atoms with Crippen LogP contribution < -0.4 is 5.46 Å². The molecule has 102 valence electrons. The quantitative estimate of drug-likeness (QED) is 0.679. The van der Waals surface area contributed by atoms with Crippen molar-refractivity contribution in [3.05, 3.63) is 30.1 Å². The van der Waals surface area contributed by atoms with Gasteiger partial charge in [-0.1, -0.05) is 18.2 Å². The van der Waals surface area contributed by atoms with Crippen molar-refractivity contribution in [3.8, 4) is 0 Å². The molecule has 0 aliphatic carbocycles. The average molecular weight is 277 g/mol. The zero-order chi connectivity index (χ0) is 14.1. The summed E-state index contributed by atoms with van der Waals surface area (Å²) in [5, 5.41) is 0. The van der Waals surface area contributed by atoms with Gasteiger partial charge in [-0.2, -0.15) is 12.6 Å². The highest BCUT2D eigenvalue weighted by atomic mass is 32.1. The van der Waals surface area contributed by atoms with E-state index in [0.717, 1.165) is 11.0 Å². The van der Waals surface area contributed by atoms with Gasteiger partial charge in [-0.05, 0) is 33.3 Å². The smallest absolute Gasteiger partial charge is 0.399 e. The Hall–Kier alpha value is -0.775. The maximum absolute atomic E-state index is 6.01. The van der Waals surface area contributed by atoms with E-state index in [4.69, 9.17) is 9.31 Å². The van der Waals surface area contributed by atoms with Crippen LogP contribution in [0.2, 0.25) is 0 Å². The van der Waals surface area contributed by atoms with Crippen molar-refractivity contribution < 1.29 is 9.31 Å². The molecule has 2 heterocycles. The first-order chi connectivity index (χ1) is 8.86. The lowest BCUT2D eigenvalue weighted by molar-refractivity contribution is 0.00578. The van der Waals surface area contributed by atoms with Crippen LogP contribution in [0.15, 0.2) is 24.5 Å². The van der Waals surface area contributed by atoms with Gasteiger partial charge in [0.05, 0.1) is 11.2 Å². The highest BCUT2D eigenvalue weighted by Gasteiger charge is 2.51. The largest absolute Gasteiger partial charge is 0.496 e. The fraction of sp³-hybridized carbons (Fsp3) is 0.500. The molecule has 1 aromatic rings. The van der Waals surface area contributed by atoms with Gasteiger partial charge in [-0.3, -0.25) is 4.98 Å². The van der Waals surface area contributed by atoms with Crippen molar-refractivity contribution in [2.45, 2.75) is 38.9 Å². The zero-order valence-corrected chi connectivity index (χ0v) is 12.8. The summed E-state index contributed by atoms with van der Waals surface area (Å²) in [6.45, 7) is 8.19. The fourth-order valence-electron chi connectivity index (χ4n) is 1.86. The molecular formula is C14H20BNO2S. The second-order valence-corrected chi connectivity index (χ2v) is 6.09. The van der Waals surface area contributed by atoms with Crippen LogP contribution in [0.3, 0.4) is 0 Å². The molecule has 1 aliphatic heterocycles. The van der Waals surface area contributed by atoms with Gasteiger partial charge >= 0.3 is 7.12 Å². The number of pyridine rings is 1. The molecule has 0 bridgehead atoms. The van der Waals surface area contributed by atoms with Crippen LogP contribution in [-0.4, -0.2) is 29.1 Å². The van der Waals surface area contributed by atoms with E-state index in [1.54, 1.807) is 6.20 Å². The van der Waals surface area contributed by atoms with Crippen LogP contribution in [0.5, 0.6) is 0 Å². The summed E-state index contributed by atoms with van der Waals surface area (Å²) in [5.41, 5.74) is 1.32. The Balaban J connectivity index is 2.22. The average Bonchev–Trinajstić information content (AvgIpc) is 2.56. The van der Waals surface area contributed by atoms with Crippen molar-refractivity contribution in [2.75, 3.05) is 5.75 Å². The second-order valence-electron chi connectivity index (χ2n) is 5.72. The van der Waals surface area contributed by atoms with Crippen LogP contribution in [0.25, 0.3) is 6.08 Å². The van der Waals surface area contributed by atoms with Gasteiger partial charge in [0.25, 0.3) is 0 Å². The molecule has 3 nitrogen and oxygen atoms in total. The molecule has 19 heavy (non-hydrogen) atoms. The molecule has 0 radical (unpaired) electrons. The van der Waals surface area contributed by atoms with Crippen molar-refractivity contribution in [1.82, 2.24) is 4.98 Å². The van der Waals surface area contributed by atoms with E-state index in [1.807, 2.05) is 52.1 Å². The Morgan fingerprint density at radius 2 is 1.84 bits per heavy atom. The molecule has 1 aromatic heterocycles. The predicted octanol–water partition coefficient (Wildman–Crippen LogP) is 2.32. The van der Waals surface area contributed by atoms with E-state index in [2.05, 4.69) is 17.6 Å². The van der Waals surface area contributed by atoms with E-state index in [-0.39, 0.29) is 18.3 Å². The van der Waals surface area contributed by atoms with Crippen LogP contribution in [-0.2, 0) is 9.31 Å². The maximum atomic E-state index is 6.01. The number of hydrogen-bond donors (Lipinski definition) is 1. The standard InChI is InChI=1S/C14H20BNO2S/c1-13(2)14(3,4)18-15(17-13)12-8-11(6-5-7-19)9-16-10-12/h5-6,8-10,19H,7H2,1-4H3. The first-order valence-electron chi connectivity index (χ1n) is 6.44. The topological polar surface area (TPSA) is 31.4 Å². The molecule has 0 spiro atoms. The van der Waals surface area contributed by atoms with Gasteiger partial charge in [0.15, 0.2) is 0 Å². The van der Waals surface area contributed by atoms with Gasteiger partial charge < -0.3 is 9.31 Å². The highest BCUT2D eigenvalue weighted by Crippen LogP contribution is 2.36. The Morgan fingerprint density at radius 3 is 2.42 bits per heavy atom. The molecule has 0 atom stereocenters. The van der Waals surface area contributed by atoms with Gasteiger partial charge in [-0.25, -0.2) is 0 Å². The van der Waals surface area contributed by atoms with E-state index in [0.29, 0.717) is 5.75 Å². The van der Waals surface area contributed by atoms with Crippen molar-refractivity contribution in [1.29, 1.82) is 0 Å². The molecule has 1 fully saturated rings. The summed E-state index contributed by atoms with van der Waals surface area (Å²) in [5.74, 6) is 0.709. The van der Waals surface area contributed by atoms with Gasteiger partial charge in [0, 0.05) is 23.6 Å². The Kier molecular flexibility index (Phi) is 4.09. The monoisotopic (exact) mass is 277 g/mol. The normalized spacial score (nSPS) is 21.2. The molecule has 0 saturated carbocycles. The minimum Gasteiger partial charge on any atom is -0.399 e. The number of nitrogens with zero attached hydrogens (tertiary/aromatic N) is 1. The molecule has 0 aromatic carbocycles. The fourth-order valence-corrected chi connectivity index (χ4v) is 1.97. The number of aromatic nitrogens is 1. The molecular weight excluding hydrogens is 257 g/mol. The van der Waals surface area contributed by atoms with E-state index < -0.39 is 0 Å². The molecule has 2 rings (SSSR count). The van der Waals surface area contributed by atoms with Crippen LogP contribution in [0.4, 0.5) is 0 Å². The van der Waals surface area contributed by atoms with Crippen molar-refractivity contribution in [3.63, 3.8) is 0 Å². The molecule has 1 aliphatic rings. The van der Waals surface area contributed by atoms with E-state index in [9.17, 15) is 0 Å². The lowest BCUT2D eigenvalue weighted by Gasteiger charge is -2.32. The van der Waals surface area contributed by atoms with Crippen LogP contribution in [0.1, 0.15) is 33.3 Å². The summed E-state index contributed by atoms with van der Waals surface area (Å²) in [6.07, 6.45) is 7.58. The number of rotatable bonds is 3. The summed E-state index contributed by atoms with van der Waals surface area (Å²) in [6, 6.07) is 2.04. The van der Waals surface area contributed by atoms with Gasteiger partial charge in [0.1, 0.15) is 0 Å². The molecule has 0 unspecified atom stereocenters. The molecule has 5 heteroatoms. The number of thiol groups is 1. The molecule has 0 N–H and O–H groups in total. The predicted molar refractivity (Wildman–Crippen MR) is 82.8 cm³/mol. The Labute approximate surface area is 121 Å². The maximum Gasteiger partial charge on any atom is 0.496 e. The zero-order valence-electron chi connectivity index (χ0n) is 11.9. The second kappa shape index (κ2) is 5.31. The highest BCUT2D eigenvalue weighted by molar-refractivity contribution is 7.80. The van der Waals surface area contributed by atoms with Crippen molar-refractivity contribution in [2.24, 2.45) is 0 Å². The minimum atomic E-state index is -0.359. The first-order valence-corrected chi connectivity index (χ1v) is 7.07. The number of hydrogen-bond acceptors (Lipinski definition) is 4. The summed E-state index contributed by atoms with van der Waals surface area (Å²) >= 11 is 4.15. The SMILES string of the molecule is CC1(C)OB(c2cncc(C=CCS)c2)OC1(C)C. The van der Waals surface area contributed by atoms with Crippen LogP contribution >= 0.6 is 12.6 Å². The summed E-state index contributed by atoms with van der Waals surface area (Å²) in [7, 11) is -0.359. The Morgan fingerprint density at radius 1 is 1.21 bits per heavy atom. The third-order valence-electron chi connectivity index (χ3n) is 3.72. The first kappa shape index (κ1) is 14.6. The third-order valence-corrected chi connectivity index (χ3v) is 3.93. The molecule has 0 amide bonds. The molecule has 1 saturated heterocycles. The van der Waals surface area contributed by atoms with Crippen LogP contribution in [0, 0.1) is 0 Å². The van der Waals surface area contributed by atoms with Gasteiger partial charge in [-0.15, -0.1) is 0 Å². The van der Waals surface area contributed by atoms with Gasteiger partial charge in [0.2, 0.25) is 0 Å².